The van der Waals surface area contributed by atoms with Crippen LogP contribution in [0.5, 0.6) is 0 Å². The number of thiophene rings is 2. The molecule has 0 aliphatic heterocycles. The summed E-state index contributed by atoms with van der Waals surface area (Å²) in [5.41, 5.74) is 0. The lowest BCUT2D eigenvalue weighted by molar-refractivity contribution is 1.15. The Balaban J connectivity index is 2.20. The highest BCUT2D eigenvalue weighted by Gasteiger charge is 2.10. The summed E-state index contributed by atoms with van der Waals surface area (Å²) in [6.07, 6.45) is 0. The summed E-state index contributed by atoms with van der Waals surface area (Å²) >= 11 is 3.32. The molecule has 0 aromatic carbocycles. The van der Waals surface area contributed by atoms with Gasteiger partial charge < -0.3 is 5.32 Å². The standard InChI is InChI=1S/C12H11N3S2/c1-2-13-10-8-5-7-17-12(8)15-11(14-10)9-4-3-6-16-9/h3-7H,2H2,1H3,(H,13,14,15). The normalized spacial score (nSPS) is 10.9. The van der Waals surface area contributed by atoms with Gasteiger partial charge in [0.05, 0.1) is 10.3 Å². The van der Waals surface area contributed by atoms with E-state index >= 15 is 0 Å². The van der Waals surface area contributed by atoms with E-state index < -0.39 is 0 Å². The summed E-state index contributed by atoms with van der Waals surface area (Å²) in [5.74, 6) is 1.74. The number of rotatable bonds is 3. The second kappa shape index (κ2) is 4.43. The van der Waals surface area contributed by atoms with Gasteiger partial charge in [0.25, 0.3) is 0 Å². The molecule has 0 unspecified atom stereocenters. The van der Waals surface area contributed by atoms with Gasteiger partial charge in [-0.25, -0.2) is 9.97 Å². The molecule has 3 rings (SSSR count). The minimum atomic E-state index is 0.811. The monoisotopic (exact) mass is 261 g/mol. The number of hydrogen-bond acceptors (Lipinski definition) is 5. The first kappa shape index (κ1) is 10.7. The molecule has 0 bridgehead atoms. The molecule has 0 saturated heterocycles. The fourth-order valence-corrected chi connectivity index (χ4v) is 3.10. The highest BCUT2D eigenvalue weighted by Crippen LogP contribution is 2.29. The number of hydrogen-bond donors (Lipinski definition) is 1. The molecule has 0 aliphatic rings. The van der Waals surface area contributed by atoms with Crippen molar-refractivity contribution in [2.75, 3.05) is 11.9 Å². The number of fused-ring (bicyclic) bond motifs is 1. The van der Waals surface area contributed by atoms with Gasteiger partial charge in [0.1, 0.15) is 10.6 Å². The van der Waals surface area contributed by atoms with Crippen LogP contribution < -0.4 is 5.32 Å². The fraction of sp³-hybridized carbons (Fsp3) is 0.167. The summed E-state index contributed by atoms with van der Waals surface area (Å²) in [6, 6.07) is 6.14. The van der Waals surface area contributed by atoms with Crippen molar-refractivity contribution in [1.82, 2.24) is 9.97 Å². The second-order valence-corrected chi connectivity index (χ2v) is 5.39. The zero-order valence-electron chi connectivity index (χ0n) is 9.30. The number of nitrogens with one attached hydrogen (secondary N) is 1. The molecule has 0 saturated carbocycles. The maximum atomic E-state index is 4.60. The van der Waals surface area contributed by atoms with Crippen LogP contribution >= 0.6 is 22.7 Å². The average molecular weight is 261 g/mol. The predicted octanol–water partition coefficient (Wildman–Crippen LogP) is 3.85. The van der Waals surface area contributed by atoms with Crippen molar-refractivity contribution >= 4 is 38.7 Å². The van der Waals surface area contributed by atoms with Crippen LogP contribution in [0.15, 0.2) is 29.0 Å². The fourth-order valence-electron chi connectivity index (χ4n) is 1.67. The van der Waals surface area contributed by atoms with Gasteiger partial charge in [-0.1, -0.05) is 6.07 Å². The van der Waals surface area contributed by atoms with Crippen molar-refractivity contribution in [1.29, 1.82) is 0 Å². The van der Waals surface area contributed by atoms with Crippen LogP contribution in [0.1, 0.15) is 6.92 Å². The van der Waals surface area contributed by atoms with Gasteiger partial charge in [0.2, 0.25) is 0 Å². The Morgan fingerprint density at radius 3 is 2.88 bits per heavy atom. The molecule has 0 aliphatic carbocycles. The number of aromatic nitrogens is 2. The Hall–Kier alpha value is -1.46. The molecular weight excluding hydrogens is 250 g/mol. The van der Waals surface area contributed by atoms with Crippen LogP contribution in [0.2, 0.25) is 0 Å². The van der Waals surface area contributed by atoms with Crippen molar-refractivity contribution < 1.29 is 0 Å². The summed E-state index contributed by atoms with van der Waals surface area (Å²) in [5, 5.41) is 8.51. The third-order valence-electron chi connectivity index (χ3n) is 2.41. The minimum absolute atomic E-state index is 0.811. The Morgan fingerprint density at radius 1 is 1.18 bits per heavy atom. The molecule has 5 heteroatoms. The Labute approximate surface area is 107 Å². The molecule has 3 heterocycles. The van der Waals surface area contributed by atoms with E-state index in [1.54, 1.807) is 22.7 Å². The van der Waals surface area contributed by atoms with Gasteiger partial charge in [-0.05, 0) is 29.8 Å². The summed E-state index contributed by atoms with van der Waals surface area (Å²) in [6.45, 7) is 2.94. The van der Waals surface area contributed by atoms with E-state index in [1.165, 1.54) is 0 Å². The average Bonchev–Trinajstić information content (AvgIpc) is 3.00. The van der Waals surface area contributed by atoms with Crippen LogP contribution in [-0.4, -0.2) is 16.5 Å². The van der Waals surface area contributed by atoms with Crippen molar-refractivity contribution in [3.63, 3.8) is 0 Å². The van der Waals surface area contributed by atoms with Gasteiger partial charge in [0, 0.05) is 6.54 Å². The van der Waals surface area contributed by atoms with Gasteiger partial charge in [-0.15, -0.1) is 22.7 Å². The van der Waals surface area contributed by atoms with E-state index in [2.05, 4.69) is 39.7 Å². The Bertz CT molecular complexity index is 628. The van der Waals surface area contributed by atoms with Crippen LogP contribution in [0.25, 0.3) is 20.9 Å². The van der Waals surface area contributed by atoms with Crippen LogP contribution in [-0.2, 0) is 0 Å². The van der Waals surface area contributed by atoms with Gasteiger partial charge in [-0.2, -0.15) is 0 Å². The molecule has 0 atom stereocenters. The molecule has 0 spiro atoms. The maximum Gasteiger partial charge on any atom is 0.173 e. The van der Waals surface area contributed by atoms with Gasteiger partial charge in [0.15, 0.2) is 5.82 Å². The van der Waals surface area contributed by atoms with E-state index in [9.17, 15) is 0 Å². The van der Waals surface area contributed by atoms with Crippen LogP contribution in [0, 0.1) is 0 Å². The zero-order chi connectivity index (χ0) is 11.7. The molecule has 0 fully saturated rings. The predicted molar refractivity (Wildman–Crippen MR) is 74.9 cm³/mol. The first-order chi connectivity index (χ1) is 8.38. The van der Waals surface area contributed by atoms with E-state index in [-0.39, 0.29) is 0 Å². The Kier molecular flexibility index (Phi) is 2.78. The minimum Gasteiger partial charge on any atom is -0.370 e. The van der Waals surface area contributed by atoms with E-state index in [4.69, 9.17) is 0 Å². The van der Waals surface area contributed by atoms with Crippen molar-refractivity contribution in [3.05, 3.63) is 29.0 Å². The van der Waals surface area contributed by atoms with E-state index in [0.717, 1.165) is 33.3 Å². The summed E-state index contributed by atoms with van der Waals surface area (Å²) < 4.78 is 0. The topological polar surface area (TPSA) is 37.8 Å². The van der Waals surface area contributed by atoms with E-state index in [1.807, 2.05) is 11.4 Å². The van der Waals surface area contributed by atoms with Gasteiger partial charge in [-0.3, -0.25) is 0 Å². The third-order valence-corrected chi connectivity index (χ3v) is 4.08. The molecule has 0 radical (unpaired) electrons. The molecule has 1 N–H and O–H groups in total. The summed E-state index contributed by atoms with van der Waals surface area (Å²) in [7, 11) is 0. The largest absolute Gasteiger partial charge is 0.370 e. The molecule has 0 amide bonds. The third kappa shape index (κ3) is 1.92. The highest BCUT2D eigenvalue weighted by molar-refractivity contribution is 7.17. The lowest BCUT2D eigenvalue weighted by Gasteiger charge is -2.05. The van der Waals surface area contributed by atoms with Crippen LogP contribution in [0.3, 0.4) is 0 Å². The summed E-state index contributed by atoms with van der Waals surface area (Å²) in [4.78, 5) is 11.4. The highest BCUT2D eigenvalue weighted by atomic mass is 32.1. The van der Waals surface area contributed by atoms with Crippen molar-refractivity contribution in [2.45, 2.75) is 6.92 Å². The molecule has 17 heavy (non-hydrogen) atoms. The number of anilines is 1. The quantitative estimate of drug-likeness (QED) is 0.778. The molecule has 3 aromatic rings. The van der Waals surface area contributed by atoms with E-state index in [0.29, 0.717) is 0 Å². The molecule has 86 valence electrons. The first-order valence-electron chi connectivity index (χ1n) is 5.41. The lowest BCUT2D eigenvalue weighted by Crippen LogP contribution is -2.01. The van der Waals surface area contributed by atoms with Crippen molar-refractivity contribution in [3.8, 4) is 10.7 Å². The smallest absolute Gasteiger partial charge is 0.173 e. The molecule has 3 aromatic heterocycles. The molecular formula is C12H11N3S2. The van der Waals surface area contributed by atoms with Gasteiger partial charge >= 0.3 is 0 Å². The lowest BCUT2D eigenvalue weighted by atomic mass is 10.3. The Morgan fingerprint density at radius 2 is 2.12 bits per heavy atom. The number of nitrogens with zero attached hydrogens (tertiary/aromatic N) is 2. The zero-order valence-corrected chi connectivity index (χ0v) is 10.9. The maximum absolute atomic E-state index is 4.60. The second-order valence-electron chi connectivity index (χ2n) is 3.54. The van der Waals surface area contributed by atoms with Crippen molar-refractivity contribution in [2.24, 2.45) is 0 Å². The SMILES string of the molecule is CCNc1nc(-c2cccs2)nc2sccc12. The first-order valence-corrected chi connectivity index (χ1v) is 7.17. The van der Waals surface area contributed by atoms with Crippen LogP contribution in [0.4, 0.5) is 5.82 Å². The molecule has 3 nitrogen and oxygen atoms in total.